The maximum Gasteiger partial charge on any atom is 0.344 e. The maximum atomic E-state index is 13.2. The largest absolute Gasteiger partial charge is 0.480 e. The Morgan fingerprint density at radius 3 is 2.59 bits per heavy atom. The summed E-state index contributed by atoms with van der Waals surface area (Å²) in [4.78, 5) is 28.7. The summed E-state index contributed by atoms with van der Waals surface area (Å²) in [6.07, 6.45) is 1.46. The number of nitrogens with zero attached hydrogens (tertiary/aromatic N) is 3. The predicted molar refractivity (Wildman–Crippen MR) is 114 cm³/mol. The highest BCUT2D eigenvalue weighted by Crippen LogP contribution is 2.27. The van der Waals surface area contributed by atoms with E-state index in [-0.39, 0.29) is 23.1 Å². The Kier molecular flexibility index (Phi) is 6.85. The fraction of sp³-hybridized carbons (Fsp3) is 0.217. The third kappa shape index (κ3) is 4.75. The molecule has 0 spiro atoms. The molecule has 1 N–H and O–H groups in total. The van der Waals surface area contributed by atoms with Crippen LogP contribution in [0.1, 0.15) is 32.7 Å². The van der Waals surface area contributed by atoms with Crippen molar-refractivity contribution >= 4 is 17.7 Å². The lowest BCUT2D eigenvalue weighted by Gasteiger charge is -2.14. The molecule has 0 aliphatic heterocycles. The van der Waals surface area contributed by atoms with E-state index >= 15 is 0 Å². The van der Waals surface area contributed by atoms with Crippen LogP contribution in [0.3, 0.4) is 0 Å². The van der Waals surface area contributed by atoms with Gasteiger partial charge in [-0.15, -0.1) is 0 Å². The number of amides is 1. The van der Waals surface area contributed by atoms with Gasteiger partial charge in [-0.3, -0.25) is 4.79 Å². The molecule has 0 unspecified atom stereocenters. The van der Waals surface area contributed by atoms with Gasteiger partial charge in [-0.25, -0.2) is 14.2 Å². The molecule has 0 saturated heterocycles. The Balaban J connectivity index is 1.78. The number of nitrogens with one attached hydrogen (secondary N) is 1. The predicted octanol–water partition coefficient (Wildman–Crippen LogP) is 3.36. The normalized spacial score (nSPS) is 10.3. The number of hydrogen-bond donors (Lipinski definition) is 1. The van der Waals surface area contributed by atoms with Crippen molar-refractivity contribution < 1.29 is 23.5 Å². The highest BCUT2D eigenvalue weighted by Gasteiger charge is 2.21. The van der Waals surface area contributed by atoms with Crippen LogP contribution in [0.4, 0.5) is 10.2 Å². The summed E-state index contributed by atoms with van der Waals surface area (Å²) in [5.41, 5.74) is 2.67. The van der Waals surface area contributed by atoms with Gasteiger partial charge >= 0.3 is 5.97 Å². The second kappa shape index (κ2) is 9.75. The molecule has 1 aromatic carbocycles. The quantitative estimate of drug-likeness (QED) is 0.569. The lowest BCUT2D eigenvalue weighted by atomic mass is 10.2. The van der Waals surface area contributed by atoms with E-state index in [1.54, 1.807) is 29.7 Å². The second-order valence-corrected chi connectivity index (χ2v) is 6.94. The Bertz CT molecular complexity index is 1200. The number of nitriles is 1. The van der Waals surface area contributed by atoms with Gasteiger partial charge in [-0.1, -0.05) is 12.1 Å². The standard InChI is InChI=1S/C23H21FN4O4/c1-14-15(2)28(12-16-6-8-17(24)9-7-16)21(19(14)11-25)27-20(29)13-32-23(30)18-5-4-10-26-22(18)31-3/h4-10H,12-13H2,1-3H3,(H,27,29). The minimum Gasteiger partial charge on any atom is -0.480 e. The van der Waals surface area contributed by atoms with Crippen LogP contribution in [0.5, 0.6) is 5.88 Å². The van der Waals surface area contributed by atoms with E-state index in [9.17, 15) is 19.2 Å². The summed E-state index contributed by atoms with van der Waals surface area (Å²) in [6.45, 7) is 3.35. The highest BCUT2D eigenvalue weighted by molar-refractivity contribution is 5.97. The van der Waals surface area contributed by atoms with Gasteiger partial charge in [0.25, 0.3) is 5.91 Å². The van der Waals surface area contributed by atoms with E-state index in [1.807, 2.05) is 6.92 Å². The summed E-state index contributed by atoms with van der Waals surface area (Å²) >= 11 is 0. The molecule has 0 radical (unpaired) electrons. The third-order valence-electron chi connectivity index (χ3n) is 4.97. The van der Waals surface area contributed by atoms with Crippen LogP contribution < -0.4 is 10.1 Å². The number of benzene rings is 1. The van der Waals surface area contributed by atoms with Crippen molar-refractivity contribution in [2.45, 2.75) is 20.4 Å². The number of ether oxygens (including phenoxy) is 2. The molecular weight excluding hydrogens is 415 g/mol. The van der Waals surface area contributed by atoms with Crippen molar-refractivity contribution in [3.8, 4) is 11.9 Å². The molecule has 3 aromatic rings. The van der Waals surface area contributed by atoms with Gasteiger partial charge in [0.15, 0.2) is 6.61 Å². The van der Waals surface area contributed by atoms with Gasteiger partial charge in [-0.2, -0.15) is 5.26 Å². The molecule has 0 bridgehead atoms. The summed E-state index contributed by atoms with van der Waals surface area (Å²) < 4.78 is 25.1. The number of methoxy groups -OCH3 is 1. The summed E-state index contributed by atoms with van der Waals surface area (Å²) in [5, 5.41) is 12.3. The van der Waals surface area contributed by atoms with Crippen LogP contribution in [0, 0.1) is 31.0 Å². The first-order valence-electron chi connectivity index (χ1n) is 9.66. The van der Waals surface area contributed by atoms with Crippen molar-refractivity contribution in [1.29, 1.82) is 5.26 Å². The minimum atomic E-state index is -0.764. The zero-order valence-electron chi connectivity index (χ0n) is 17.8. The second-order valence-electron chi connectivity index (χ2n) is 6.94. The zero-order valence-corrected chi connectivity index (χ0v) is 17.8. The molecule has 1 amide bonds. The number of halogens is 1. The van der Waals surface area contributed by atoms with Crippen LogP contribution in [0.25, 0.3) is 0 Å². The van der Waals surface area contributed by atoms with Crippen LogP contribution >= 0.6 is 0 Å². The van der Waals surface area contributed by atoms with Crippen molar-refractivity contribution in [2.75, 3.05) is 19.0 Å². The van der Waals surface area contributed by atoms with E-state index in [4.69, 9.17) is 9.47 Å². The topological polar surface area (TPSA) is 106 Å². The maximum absolute atomic E-state index is 13.2. The molecule has 9 heteroatoms. The number of aromatic nitrogens is 2. The summed E-state index contributed by atoms with van der Waals surface area (Å²) in [6, 6.07) is 11.1. The van der Waals surface area contributed by atoms with Crippen molar-refractivity contribution in [3.05, 3.63) is 76.4 Å². The lowest BCUT2D eigenvalue weighted by molar-refractivity contribution is -0.119. The minimum absolute atomic E-state index is 0.0871. The Labute approximate surface area is 184 Å². The van der Waals surface area contributed by atoms with Crippen LogP contribution in [0.15, 0.2) is 42.6 Å². The summed E-state index contributed by atoms with van der Waals surface area (Å²) in [7, 11) is 1.37. The average molecular weight is 436 g/mol. The zero-order chi connectivity index (χ0) is 23.3. The fourth-order valence-corrected chi connectivity index (χ4v) is 3.19. The summed E-state index contributed by atoms with van der Waals surface area (Å²) in [5.74, 6) is -1.36. The smallest absolute Gasteiger partial charge is 0.344 e. The Hall–Kier alpha value is -4.19. The van der Waals surface area contributed by atoms with E-state index in [0.717, 1.165) is 11.3 Å². The SMILES string of the molecule is COc1ncccc1C(=O)OCC(=O)Nc1c(C#N)c(C)c(C)n1Cc1ccc(F)cc1. The van der Waals surface area contributed by atoms with Gasteiger partial charge in [0.1, 0.15) is 23.3 Å². The highest BCUT2D eigenvalue weighted by atomic mass is 19.1. The van der Waals surface area contributed by atoms with Gasteiger partial charge in [0, 0.05) is 18.4 Å². The first kappa shape index (κ1) is 22.5. The van der Waals surface area contributed by atoms with Crippen molar-refractivity contribution in [2.24, 2.45) is 0 Å². The van der Waals surface area contributed by atoms with Crippen LogP contribution in [-0.2, 0) is 16.1 Å². The molecule has 0 atom stereocenters. The van der Waals surface area contributed by atoms with E-state index in [1.165, 1.54) is 31.5 Å². The number of carbonyl (C=O) groups excluding carboxylic acids is 2. The molecule has 3 rings (SSSR count). The van der Waals surface area contributed by atoms with E-state index in [0.29, 0.717) is 17.7 Å². The lowest BCUT2D eigenvalue weighted by Crippen LogP contribution is -2.23. The van der Waals surface area contributed by atoms with Gasteiger partial charge in [0.2, 0.25) is 5.88 Å². The van der Waals surface area contributed by atoms with Crippen molar-refractivity contribution in [1.82, 2.24) is 9.55 Å². The molecule has 0 aliphatic rings. The number of carbonyl (C=O) groups is 2. The number of hydrogen-bond acceptors (Lipinski definition) is 6. The van der Waals surface area contributed by atoms with Crippen LogP contribution in [-0.4, -0.2) is 35.1 Å². The molecule has 0 aliphatic carbocycles. The molecule has 0 fully saturated rings. The molecule has 2 heterocycles. The number of esters is 1. The van der Waals surface area contributed by atoms with Crippen molar-refractivity contribution in [3.63, 3.8) is 0 Å². The molecule has 164 valence electrons. The number of anilines is 1. The molecule has 2 aromatic heterocycles. The Morgan fingerprint density at radius 1 is 1.22 bits per heavy atom. The first-order chi connectivity index (χ1) is 15.3. The number of pyridine rings is 1. The third-order valence-corrected chi connectivity index (χ3v) is 4.97. The Morgan fingerprint density at radius 2 is 1.94 bits per heavy atom. The molecule has 8 nitrogen and oxygen atoms in total. The van der Waals surface area contributed by atoms with E-state index in [2.05, 4.69) is 16.4 Å². The van der Waals surface area contributed by atoms with Crippen LogP contribution in [0.2, 0.25) is 0 Å². The number of rotatable bonds is 7. The molecule has 32 heavy (non-hydrogen) atoms. The van der Waals surface area contributed by atoms with Gasteiger partial charge in [-0.05, 0) is 49.2 Å². The monoisotopic (exact) mass is 436 g/mol. The average Bonchev–Trinajstić information content (AvgIpc) is 3.02. The molecular formula is C23H21FN4O4. The van der Waals surface area contributed by atoms with Gasteiger partial charge < -0.3 is 19.4 Å². The first-order valence-corrected chi connectivity index (χ1v) is 9.66. The molecule has 0 saturated carbocycles. The fourth-order valence-electron chi connectivity index (χ4n) is 3.19. The van der Waals surface area contributed by atoms with E-state index < -0.39 is 18.5 Å². The van der Waals surface area contributed by atoms with Gasteiger partial charge in [0.05, 0.1) is 12.7 Å².